The summed E-state index contributed by atoms with van der Waals surface area (Å²) in [5.74, 6) is 0.357. The van der Waals surface area contributed by atoms with E-state index in [1.165, 1.54) is 4.90 Å². The number of likely N-dealkylation sites (tertiary alicyclic amines) is 1. The maximum atomic E-state index is 11.8. The molecule has 0 bridgehead atoms. The van der Waals surface area contributed by atoms with Crippen LogP contribution in [0.4, 0.5) is 13.2 Å². The Morgan fingerprint density at radius 2 is 2.00 bits per heavy atom. The Balaban J connectivity index is 2.31. The molecule has 1 heterocycles. The molecule has 0 unspecified atom stereocenters. The van der Waals surface area contributed by atoms with Crippen LogP contribution in [0.1, 0.15) is 25.7 Å². The van der Waals surface area contributed by atoms with Gasteiger partial charge in [0.15, 0.2) is 0 Å². The van der Waals surface area contributed by atoms with E-state index in [4.69, 9.17) is 5.41 Å². The van der Waals surface area contributed by atoms with Gasteiger partial charge in [-0.05, 0) is 12.8 Å². The van der Waals surface area contributed by atoms with E-state index in [0.29, 0.717) is 18.8 Å². The maximum absolute atomic E-state index is 11.8. The van der Waals surface area contributed by atoms with Crippen molar-refractivity contribution in [3.8, 4) is 0 Å². The Labute approximate surface area is 75.2 Å². The highest BCUT2D eigenvalue weighted by molar-refractivity contribution is 5.79. The van der Waals surface area contributed by atoms with Crippen LogP contribution < -0.4 is 0 Å². The maximum Gasteiger partial charge on any atom is 0.390 e. The Morgan fingerprint density at radius 1 is 1.31 bits per heavy atom. The van der Waals surface area contributed by atoms with E-state index in [1.54, 1.807) is 0 Å². The molecule has 0 aromatic heterocycles. The molecule has 76 valence electrons. The fourth-order valence-electron chi connectivity index (χ4n) is 1.40. The zero-order chi connectivity index (χ0) is 9.90. The summed E-state index contributed by atoms with van der Waals surface area (Å²) in [6, 6.07) is 0. The van der Waals surface area contributed by atoms with Gasteiger partial charge in [-0.2, -0.15) is 13.2 Å². The van der Waals surface area contributed by atoms with Gasteiger partial charge in [0.2, 0.25) is 0 Å². The molecule has 0 atom stereocenters. The minimum atomic E-state index is -4.10. The lowest BCUT2D eigenvalue weighted by atomic mass is 10.1. The normalized spacial score (nSPS) is 19.3. The smallest absolute Gasteiger partial charge is 0.360 e. The average molecular weight is 194 g/mol. The number of hydrogen-bond acceptors (Lipinski definition) is 1. The van der Waals surface area contributed by atoms with Crippen molar-refractivity contribution < 1.29 is 13.2 Å². The lowest BCUT2D eigenvalue weighted by Gasteiger charge is -2.29. The fourth-order valence-corrected chi connectivity index (χ4v) is 1.40. The average Bonchev–Trinajstić information content (AvgIpc) is 2.01. The van der Waals surface area contributed by atoms with Crippen molar-refractivity contribution in [1.82, 2.24) is 4.90 Å². The van der Waals surface area contributed by atoms with Crippen LogP contribution in [-0.4, -0.2) is 30.0 Å². The highest BCUT2D eigenvalue weighted by Crippen LogP contribution is 2.21. The van der Waals surface area contributed by atoms with Crippen LogP contribution in [0.25, 0.3) is 0 Å². The number of rotatable bonds is 2. The molecular formula is C8H13F3N2. The van der Waals surface area contributed by atoms with Gasteiger partial charge in [0.25, 0.3) is 0 Å². The van der Waals surface area contributed by atoms with E-state index in [0.717, 1.165) is 12.8 Å². The third-order valence-electron chi connectivity index (χ3n) is 2.14. The van der Waals surface area contributed by atoms with Crippen molar-refractivity contribution >= 4 is 5.84 Å². The fraction of sp³-hybridized carbons (Fsp3) is 0.875. The monoisotopic (exact) mass is 194 g/mol. The molecule has 1 aliphatic rings. The van der Waals surface area contributed by atoms with Gasteiger partial charge in [-0.1, -0.05) is 0 Å². The summed E-state index contributed by atoms with van der Waals surface area (Å²) in [5.41, 5.74) is 0. The molecule has 1 N–H and O–H groups in total. The predicted molar refractivity (Wildman–Crippen MR) is 43.8 cm³/mol. The number of hydrogen-bond donors (Lipinski definition) is 1. The molecule has 2 nitrogen and oxygen atoms in total. The summed E-state index contributed by atoms with van der Waals surface area (Å²) < 4.78 is 35.5. The lowest BCUT2D eigenvalue weighted by Crippen LogP contribution is -2.37. The van der Waals surface area contributed by atoms with Crippen LogP contribution in [0.15, 0.2) is 0 Å². The van der Waals surface area contributed by atoms with E-state index in [-0.39, 0.29) is 6.54 Å². The number of nitrogens with one attached hydrogen (secondary N) is 1. The summed E-state index contributed by atoms with van der Waals surface area (Å²) in [7, 11) is 0. The molecule has 1 aliphatic heterocycles. The molecule has 0 spiro atoms. The van der Waals surface area contributed by atoms with E-state index in [1.807, 2.05) is 0 Å². The lowest BCUT2D eigenvalue weighted by molar-refractivity contribution is -0.136. The van der Waals surface area contributed by atoms with Crippen molar-refractivity contribution in [2.75, 3.05) is 13.1 Å². The van der Waals surface area contributed by atoms with Gasteiger partial charge in [0, 0.05) is 19.5 Å². The molecule has 1 saturated heterocycles. The van der Waals surface area contributed by atoms with Crippen LogP contribution in [0.2, 0.25) is 0 Å². The van der Waals surface area contributed by atoms with Crippen molar-refractivity contribution in [2.24, 2.45) is 0 Å². The summed E-state index contributed by atoms with van der Waals surface area (Å²) in [6.45, 7) is 0.553. The van der Waals surface area contributed by atoms with Crippen LogP contribution in [0.3, 0.4) is 0 Å². The first-order valence-electron chi connectivity index (χ1n) is 4.38. The first-order chi connectivity index (χ1) is 5.99. The van der Waals surface area contributed by atoms with Gasteiger partial charge < -0.3 is 4.90 Å². The molecule has 0 aliphatic carbocycles. The number of amidine groups is 1. The van der Waals surface area contributed by atoms with E-state index < -0.39 is 12.6 Å². The van der Waals surface area contributed by atoms with Crippen molar-refractivity contribution in [2.45, 2.75) is 31.9 Å². The number of piperidine rings is 1. The van der Waals surface area contributed by atoms with Gasteiger partial charge >= 0.3 is 6.18 Å². The number of halogens is 3. The highest BCUT2D eigenvalue weighted by atomic mass is 19.4. The van der Waals surface area contributed by atoms with E-state index in [9.17, 15) is 13.2 Å². The second-order valence-corrected chi connectivity index (χ2v) is 3.26. The van der Waals surface area contributed by atoms with Crippen LogP contribution in [-0.2, 0) is 0 Å². The summed E-state index contributed by atoms with van der Waals surface area (Å²) in [5, 5.41) is 7.41. The third kappa shape index (κ3) is 3.65. The molecular weight excluding hydrogens is 181 g/mol. The Bertz CT molecular complexity index is 188. The van der Waals surface area contributed by atoms with Gasteiger partial charge in [-0.3, -0.25) is 5.41 Å². The molecule has 1 rings (SSSR count). The molecule has 0 aromatic rings. The Hall–Kier alpha value is -0.740. The molecule has 1 fully saturated rings. The molecule has 0 radical (unpaired) electrons. The standard InChI is InChI=1S/C8H13F3N2/c9-8(10,11)4-6-13-5-2-1-3-7(13)12/h12H,1-6H2. The zero-order valence-corrected chi connectivity index (χ0v) is 7.32. The number of nitrogens with zero attached hydrogens (tertiary/aromatic N) is 1. The molecule has 0 aromatic carbocycles. The summed E-state index contributed by atoms with van der Waals surface area (Å²) in [4.78, 5) is 1.52. The van der Waals surface area contributed by atoms with Crippen LogP contribution in [0, 0.1) is 5.41 Å². The second-order valence-electron chi connectivity index (χ2n) is 3.26. The first-order valence-corrected chi connectivity index (χ1v) is 4.38. The quantitative estimate of drug-likeness (QED) is 0.718. The van der Waals surface area contributed by atoms with Gasteiger partial charge in [0.05, 0.1) is 12.3 Å². The SMILES string of the molecule is N=C1CCCCN1CCC(F)(F)F. The minimum Gasteiger partial charge on any atom is -0.360 e. The zero-order valence-electron chi connectivity index (χ0n) is 7.32. The van der Waals surface area contributed by atoms with Crippen molar-refractivity contribution in [1.29, 1.82) is 5.41 Å². The highest BCUT2D eigenvalue weighted by Gasteiger charge is 2.28. The number of alkyl halides is 3. The Morgan fingerprint density at radius 3 is 2.54 bits per heavy atom. The molecule has 5 heteroatoms. The van der Waals surface area contributed by atoms with Gasteiger partial charge in [0.1, 0.15) is 0 Å². The van der Waals surface area contributed by atoms with Crippen LogP contribution in [0.5, 0.6) is 0 Å². The van der Waals surface area contributed by atoms with Crippen molar-refractivity contribution in [3.63, 3.8) is 0 Å². The van der Waals surface area contributed by atoms with E-state index in [2.05, 4.69) is 0 Å². The molecule has 0 saturated carbocycles. The summed E-state index contributed by atoms with van der Waals surface area (Å²) >= 11 is 0. The topological polar surface area (TPSA) is 27.1 Å². The van der Waals surface area contributed by atoms with Crippen LogP contribution >= 0.6 is 0 Å². The predicted octanol–water partition coefficient (Wildman–Crippen LogP) is 2.40. The molecule has 0 amide bonds. The van der Waals surface area contributed by atoms with E-state index >= 15 is 0 Å². The minimum absolute atomic E-state index is 0.0532. The first kappa shape index (κ1) is 10.3. The van der Waals surface area contributed by atoms with Gasteiger partial charge in [-0.25, -0.2) is 0 Å². The van der Waals surface area contributed by atoms with Crippen molar-refractivity contribution in [3.05, 3.63) is 0 Å². The largest absolute Gasteiger partial charge is 0.390 e. The second kappa shape index (κ2) is 3.98. The third-order valence-corrected chi connectivity index (χ3v) is 2.14. The molecule has 13 heavy (non-hydrogen) atoms. The summed E-state index contributed by atoms with van der Waals surface area (Å²) in [6.07, 6.45) is -2.45. The Kier molecular flexibility index (Phi) is 3.17. The van der Waals surface area contributed by atoms with Gasteiger partial charge in [-0.15, -0.1) is 0 Å².